The Balaban J connectivity index is 0.00000133. The van der Waals surface area contributed by atoms with Gasteiger partial charge in [0.1, 0.15) is 5.69 Å². The van der Waals surface area contributed by atoms with E-state index in [2.05, 4.69) is 48.3 Å². The molecular formula is C16H15ClN2. The smallest absolute Gasteiger partial charge is 0.234 e. The molecule has 19 heavy (non-hydrogen) atoms. The van der Waals surface area contributed by atoms with Gasteiger partial charge in [-0.2, -0.15) is 0 Å². The van der Waals surface area contributed by atoms with E-state index in [4.69, 9.17) is 5.73 Å². The number of hydrogen-bond donors (Lipinski definition) is 1. The summed E-state index contributed by atoms with van der Waals surface area (Å²) in [7, 11) is 0. The molecule has 2 aromatic carbocycles. The molecule has 2 nitrogen and oxygen atoms in total. The summed E-state index contributed by atoms with van der Waals surface area (Å²) in [6.45, 7) is 2.05. The maximum absolute atomic E-state index is 6.04. The summed E-state index contributed by atoms with van der Waals surface area (Å²) in [5.74, 6) is 0. The maximum Gasteiger partial charge on any atom is 0.234 e. The molecule has 1 heterocycles. The normalized spacial score (nSPS) is 10.2. The summed E-state index contributed by atoms with van der Waals surface area (Å²) in [6, 6.07) is 18.6. The zero-order valence-electron chi connectivity index (χ0n) is 10.7. The minimum Gasteiger partial charge on any atom is -1.00 e. The second kappa shape index (κ2) is 5.29. The number of H-pyrrole nitrogens is 1. The van der Waals surface area contributed by atoms with E-state index in [0.29, 0.717) is 0 Å². The Labute approximate surface area is 118 Å². The Kier molecular flexibility index (Phi) is 3.72. The molecule has 0 aliphatic heterocycles. The van der Waals surface area contributed by atoms with Crippen molar-refractivity contribution in [1.29, 1.82) is 0 Å². The van der Waals surface area contributed by atoms with Gasteiger partial charge in [0, 0.05) is 18.6 Å². The minimum absolute atomic E-state index is 0. The van der Waals surface area contributed by atoms with E-state index in [1.165, 1.54) is 11.1 Å². The molecule has 0 saturated carbocycles. The summed E-state index contributed by atoms with van der Waals surface area (Å²) in [5, 5.41) is 1.16. The fourth-order valence-corrected chi connectivity index (χ4v) is 2.32. The van der Waals surface area contributed by atoms with Crippen molar-refractivity contribution in [1.82, 2.24) is 0 Å². The van der Waals surface area contributed by atoms with Crippen molar-refractivity contribution in [3.63, 3.8) is 0 Å². The van der Waals surface area contributed by atoms with Gasteiger partial charge in [0.2, 0.25) is 5.52 Å². The number of benzene rings is 2. The van der Waals surface area contributed by atoms with Crippen LogP contribution < -0.4 is 23.1 Å². The molecule has 0 aliphatic rings. The zero-order chi connectivity index (χ0) is 12.5. The number of nitrogen functional groups attached to an aromatic ring is 1. The van der Waals surface area contributed by atoms with Crippen molar-refractivity contribution in [3.8, 4) is 11.1 Å². The summed E-state index contributed by atoms with van der Waals surface area (Å²) in [6.07, 6.45) is 0. The molecule has 96 valence electrons. The van der Waals surface area contributed by atoms with Crippen molar-refractivity contribution in [2.24, 2.45) is 0 Å². The van der Waals surface area contributed by atoms with Crippen LogP contribution in [0.4, 0.5) is 5.69 Å². The highest BCUT2D eigenvalue weighted by Crippen LogP contribution is 2.29. The predicted octanol–water partition coefficient (Wildman–Crippen LogP) is 0.216. The van der Waals surface area contributed by atoms with Crippen LogP contribution in [0.15, 0.2) is 54.6 Å². The number of hydrogen-bond acceptors (Lipinski definition) is 1. The van der Waals surface area contributed by atoms with Crippen LogP contribution in [0, 0.1) is 6.92 Å². The number of para-hydroxylation sites is 1. The number of pyridine rings is 1. The Hall–Kier alpha value is -2.06. The maximum atomic E-state index is 6.04. The Morgan fingerprint density at radius 3 is 2.42 bits per heavy atom. The lowest BCUT2D eigenvalue weighted by Gasteiger charge is -2.05. The molecule has 1 aromatic heterocycles. The van der Waals surface area contributed by atoms with Gasteiger partial charge in [-0.1, -0.05) is 36.4 Å². The van der Waals surface area contributed by atoms with E-state index in [-0.39, 0.29) is 12.4 Å². The van der Waals surface area contributed by atoms with Crippen molar-refractivity contribution >= 4 is 16.6 Å². The number of fused-ring (bicyclic) bond motifs is 1. The second-order valence-electron chi connectivity index (χ2n) is 4.50. The van der Waals surface area contributed by atoms with Crippen LogP contribution in [0.3, 0.4) is 0 Å². The Morgan fingerprint density at radius 1 is 0.947 bits per heavy atom. The number of aromatic amines is 1. The number of halogens is 1. The van der Waals surface area contributed by atoms with Crippen LogP contribution in [-0.4, -0.2) is 0 Å². The number of anilines is 1. The van der Waals surface area contributed by atoms with Gasteiger partial charge < -0.3 is 18.1 Å². The third-order valence-corrected chi connectivity index (χ3v) is 3.15. The number of aryl methyl sites for hydroxylation is 1. The first kappa shape index (κ1) is 13.4. The van der Waals surface area contributed by atoms with E-state index in [1.807, 2.05) is 18.2 Å². The number of nitrogens with two attached hydrogens (primary N) is 1. The summed E-state index contributed by atoms with van der Waals surface area (Å²) in [4.78, 5) is 3.34. The summed E-state index contributed by atoms with van der Waals surface area (Å²) in [5.41, 5.74) is 11.4. The quantitative estimate of drug-likeness (QED) is 0.631. The summed E-state index contributed by atoms with van der Waals surface area (Å²) >= 11 is 0. The lowest BCUT2D eigenvalue weighted by atomic mass is 10.00. The van der Waals surface area contributed by atoms with E-state index in [0.717, 1.165) is 22.3 Å². The van der Waals surface area contributed by atoms with Crippen LogP contribution >= 0.6 is 0 Å². The van der Waals surface area contributed by atoms with Crippen molar-refractivity contribution < 1.29 is 17.4 Å². The van der Waals surface area contributed by atoms with Crippen LogP contribution in [-0.2, 0) is 0 Å². The van der Waals surface area contributed by atoms with E-state index in [9.17, 15) is 0 Å². The number of aromatic nitrogens is 1. The highest BCUT2D eigenvalue weighted by molar-refractivity contribution is 5.97. The molecule has 0 radical (unpaired) electrons. The van der Waals surface area contributed by atoms with Gasteiger partial charge in [0.15, 0.2) is 5.69 Å². The first-order valence-electron chi connectivity index (χ1n) is 6.02. The molecule has 3 aromatic rings. The topological polar surface area (TPSA) is 40.2 Å². The first-order chi connectivity index (χ1) is 8.75. The molecule has 0 saturated heterocycles. The van der Waals surface area contributed by atoms with Gasteiger partial charge in [-0.05, 0) is 17.7 Å². The van der Waals surface area contributed by atoms with Crippen LogP contribution in [0.1, 0.15) is 5.69 Å². The molecule has 0 unspecified atom stereocenters. The van der Waals surface area contributed by atoms with Crippen LogP contribution in [0.5, 0.6) is 0 Å². The van der Waals surface area contributed by atoms with Gasteiger partial charge in [-0.25, -0.2) is 4.98 Å². The lowest BCUT2D eigenvalue weighted by Crippen LogP contribution is -3.00. The second-order valence-corrected chi connectivity index (χ2v) is 4.50. The van der Waals surface area contributed by atoms with Gasteiger partial charge in [0.05, 0.1) is 5.39 Å². The average molecular weight is 271 g/mol. The fourth-order valence-electron chi connectivity index (χ4n) is 2.32. The monoisotopic (exact) mass is 270 g/mol. The largest absolute Gasteiger partial charge is 1.00 e. The molecule has 0 spiro atoms. The first-order valence-corrected chi connectivity index (χ1v) is 6.02. The van der Waals surface area contributed by atoms with Gasteiger partial charge in [-0.3, -0.25) is 0 Å². The molecule has 0 aliphatic carbocycles. The van der Waals surface area contributed by atoms with Crippen LogP contribution in [0.2, 0.25) is 0 Å². The van der Waals surface area contributed by atoms with Gasteiger partial charge >= 0.3 is 0 Å². The van der Waals surface area contributed by atoms with Crippen molar-refractivity contribution in [3.05, 3.63) is 60.3 Å². The Morgan fingerprint density at radius 2 is 1.68 bits per heavy atom. The molecule has 3 rings (SSSR count). The van der Waals surface area contributed by atoms with Crippen molar-refractivity contribution in [2.75, 3.05) is 5.73 Å². The fraction of sp³-hybridized carbons (Fsp3) is 0.0625. The lowest BCUT2D eigenvalue weighted by molar-refractivity contribution is -0.354. The SMILES string of the molecule is Cc1cc(-c2ccccc2)c2cccc(N)c2[nH+]1.[Cl-]. The van der Waals surface area contributed by atoms with Gasteiger partial charge in [0.25, 0.3) is 0 Å². The molecule has 0 bridgehead atoms. The van der Waals surface area contributed by atoms with E-state index in [1.54, 1.807) is 0 Å². The average Bonchev–Trinajstić information content (AvgIpc) is 2.40. The third kappa shape index (κ3) is 2.40. The Bertz CT molecular complexity index is 709. The molecule has 0 fully saturated rings. The minimum atomic E-state index is 0. The van der Waals surface area contributed by atoms with Crippen molar-refractivity contribution in [2.45, 2.75) is 6.92 Å². The molecular weight excluding hydrogens is 256 g/mol. The number of nitrogens with one attached hydrogen (secondary N) is 1. The zero-order valence-corrected chi connectivity index (χ0v) is 11.4. The van der Waals surface area contributed by atoms with Crippen LogP contribution in [0.25, 0.3) is 22.0 Å². The van der Waals surface area contributed by atoms with E-state index < -0.39 is 0 Å². The molecule has 0 amide bonds. The highest BCUT2D eigenvalue weighted by Gasteiger charge is 2.12. The van der Waals surface area contributed by atoms with E-state index >= 15 is 0 Å². The number of rotatable bonds is 1. The predicted molar refractivity (Wildman–Crippen MR) is 75.1 cm³/mol. The molecule has 0 atom stereocenters. The third-order valence-electron chi connectivity index (χ3n) is 3.15. The van der Waals surface area contributed by atoms with Gasteiger partial charge in [-0.15, -0.1) is 0 Å². The highest BCUT2D eigenvalue weighted by atomic mass is 35.5. The standard InChI is InChI=1S/C16H14N2.ClH/c1-11-10-14(12-6-3-2-4-7-12)13-8-5-9-15(17)16(13)18-11;/h2-10H,17H2,1H3;1H. The molecule has 3 heteroatoms. The summed E-state index contributed by atoms with van der Waals surface area (Å²) < 4.78 is 0. The molecule has 3 N–H and O–H groups in total.